The van der Waals surface area contributed by atoms with Crippen LogP contribution >= 0.6 is 0 Å². The molecule has 0 unspecified atom stereocenters. The third kappa shape index (κ3) is 4.76. The van der Waals surface area contributed by atoms with Crippen LogP contribution in [0.25, 0.3) is 0 Å². The average molecular weight is 301 g/mol. The molecule has 2 rings (SSSR count). The molecule has 0 saturated carbocycles. The van der Waals surface area contributed by atoms with E-state index in [-0.39, 0.29) is 6.10 Å². The van der Waals surface area contributed by atoms with Crippen molar-refractivity contribution in [2.45, 2.75) is 26.2 Å². The fourth-order valence-electron chi connectivity index (χ4n) is 2.17. The quantitative estimate of drug-likeness (QED) is 0.787. The first-order chi connectivity index (χ1) is 10.7. The lowest BCUT2D eigenvalue weighted by molar-refractivity contribution is 0.190. The number of para-hydroxylation sites is 1. The van der Waals surface area contributed by atoms with E-state index in [4.69, 9.17) is 9.47 Å². The van der Waals surface area contributed by atoms with Gasteiger partial charge in [-0.05, 0) is 18.6 Å². The van der Waals surface area contributed by atoms with Crippen LogP contribution in [0.5, 0.6) is 11.5 Å². The molecule has 2 aromatic carbocycles. The van der Waals surface area contributed by atoms with Gasteiger partial charge in [-0.25, -0.2) is 0 Å². The molecule has 0 amide bonds. The highest BCUT2D eigenvalue weighted by Crippen LogP contribution is 2.31. The van der Waals surface area contributed by atoms with Gasteiger partial charge in [0.15, 0.2) is 11.5 Å². The lowest BCUT2D eigenvalue weighted by atomic mass is 10.1. The number of hydrogen-bond acceptors (Lipinski definition) is 4. The second kappa shape index (κ2) is 8.41. The fraction of sp³-hybridized carbons (Fsp3) is 0.333. The van der Waals surface area contributed by atoms with Crippen molar-refractivity contribution in [2.24, 2.45) is 0 Å². The van der Waals surface area contributed by atoms with Crippen molar-refractivity contribution in [1.82, 2.24) is 5.32 Å². The molecule has 118 valence electrons. The van der Waals surface area contributed by atoms with Gasteiger partial charge in [-0.3, -0.25) is 0 Å². The van der Waals surface area contributed by atoms with Crippen LogP contribution < -0.4 is 14.8 Å². The Balaban J connectivity index is 2.09. The van der Waals surface area contributed by atoms with Crippen LogP contribution in [0, 0.1) is 0 Å². The topological polar surface area (TPSA) is 50.7 Å². The zero-order valence-corrected chi connectivity index (χ0v) is 13.1. The molecule has 0 spiro atoms. The molecule has 0 bridgehead atoms. The van der Waals surface area contributed by atoms with Crippen LogP contribution in [-0.2, 0) is 13.2 Å². The summed E-state index contributed by atoms with van der Waals surface area (Å²) in [6.45, 7) is 3.40. The van der Waals surface area contributed by atoms with Crippen LogP contribution in [0.4, 0.5) is 0 Å². The Labute approximate surface area is 131 Å². The van der Waals surface area contributed by atoms with Crippen LogP contribution in [0.1, 0.15) is 18.1 Å². The molecule has 0 aliphatic carbocycles. The van der Waals surface area contributed by atoms with E-state index in [1.807, 2.05) is 48.5 Å². The van der Waals surface area contributed by atoms with E-state index in [1.54, 1.807) is 14.0 Å². The average Bonchev–Trinajstić information content (AvgIpc) is 2.54. The Morgan fingerprint density at radius 3 is 2.55 bits per heavy atom. The summed E-state index contributed by atoms with van der Waals surface area (Å²) in [6, 6.07) is 15.8. The van der Waals surface area contributed by atoms with Crippen LogP contribution in [0.3, 0.4) is 0 Å². The molecule has 2 aromatic rings. The second-order valence-electron chi connectivity index (χ2n) is 5.20. The molecule has 22 heavy (non-hydrogen) atoms. The monoisotopic (exact) mass is 301 g/mol. The summed E-state index contributed by atoms with van der Waals surface area (Å²) in [5, 5.41) is 12.5. The minimum Gasteiger partial charge on any atom is -0.493 e. The predicted octanol–water partition coefficient (Wildman–Crippen LogP) is 2.74. The van der Waals surface area contributed by atoms with Gasteiger partial charge in [0, 0.05) is 18.7 Å². The maximum Gasteiger partial charge on any atom is 0.166 e. The van der Waals surface area contributed by atoms with Gasteiger partial charge >= 0.3 is 0 Å². The number of ether oxygens (including phenoxy) is 2. The van der Waals surface area contributed by atoms with E-state index < -0.39 is 0 Å². The molecule has 4 nitrogen and oxygen atoms in total. The van der Waals surface area contributed by atoms with Crippen molar-refractivity contribution in [3.8, 4) is 11.5 Å². The molecule has 0 heterocycles. The zero-order chi connectivity index (χ0) is 15.8. The number of hydrogen-bond donors (Lipinski definition) is 2. The van der Waals surface area contributed by atoms with Gasteiger partial charge in [-0.15, -0.1) is 0 Å². The van der Waals surface area contributed by atoms with E-state index >= 15 is 0 Å². The number of rotatable bonds is 8. The van der Waals surface area contributed by atoms with Gasteiger partial charge in [0.2, 0.25) is 0 Å². The third-order valence-corrected chi connectivity index (χ3v) is 3.26. The minimum atomic E-state index is -0.376. The molecule has 0 saturated heterocycles. The van der Waals surface area contributed by atoms with Crippen molar-refractivity contribution in [3.63, 3.8) is 0 Å². The number of aliphatic hydroxyl groups is 1. The molecular formula is C18H23NO3. The largest absolute Gasteiger partial charge is 0.493 e. The van der Waals surface area contributed by atoms with E-state index in [0.29, 0.717) is 25.4 Å². The van der Waals surface area contributed by atoms with Gasteiger partial charge < -0.3 is 19.9 Å². The summed E-state index contributed by atoms with van der Waals surface area (Å²) >= 11 is 0. The van der Waals surface area contributed by atoms with Gasteiger partial charge in [0.05, 0.1) is 13.2 Å². The molecule has 4 heteroatoms. The Morgan fingerprint density at radius 1 is 1.09 bits per heavy atom. The lowest BCUT2D eigenvalue weighted by Crippen LogP contribution is -2.24. The highest BCUT2D eigenvalue weighted by molar-refractivity contribution is 5.46. The van der Waals surface area contributed by atoms with Crippen molar-refractivity contribution >= 4 is 0 Å². The van der Waals surface area contributed by atoms with Crippen molar-refractivity contribution in [3.05, 3.63) is 59.7 Å². The standard InChI is InChI=1S/C18H23NO3/c1-14(20)11-19-12-16-9-6-10-17(21-2)18(16)22-13-15-7-4-3-5-8-15/h3-10,14,19-20H,11-13H2,1-2H3/t14-/m0/s1. The summed E-state index contributed by atoms with van der Waals surface area (Å²) in [5.74, 6) is 1.46. The Kier molecular flexibility index (Phi) is 6.25. The number of aliphatic hydroxyl groups excluding tert-OH is 1. The van der Waals surface area contributed by atoms with E-state index in [0.717, 1.165) is 16.9 Å². The number of nitrogens with one attached hydrogen (secondary N) is 1. The first-order valence-electron chi connectivity index (χ1n) is 7.42. The van der Waals surface area contributed by atoms with Crippen LogP contribution in [0.15, 0.2) is 48.5 Å². The number of methoxy groups -OCH3 is 1. The molecule has 0 aromatic heterocycles. The Morgan fingerprint density at radius 2 is 1.86 bits per heavy atom. The van der Waals surface area contributed by atoms with Crippen molar-refractivity contribution in [2.75, 3.05) is 13.7 Å². The smallest absolute Gasteiger partial charge is 0.166 e. The molecule has 0 fully saturated rings. The maximum atomic E-state index is 9.33. The van der Waals surface area contributed by atoms with Crippen LogP contribution in [-0.4, -0.2) is 24.9 Å². The highest BCUT2D eigenvalue weighted by atomic mass is 16.5. The zero-order valence-electron chi connectivity index (χ0n) is 13.1. The molecular weight excluding hydrogens is 278 g/mol. The van der Waals surface area contributed by atoms with Gasteiger partial charge in [-0.2, -0.15) is 0 Å². The molecule has 0 aliphatic rings. The summed E-state index contributed by atoms with van der Waals surface area (Å²) in [7, 11) is 1.64. The maximum absolute atomic E-state index is 9.33. The summed E-state index contributed by atoms with van der Waals surface area (Å²) in [4.78, 5) is 0. The first-order valence-corrected chi connectivity index (χ1v) is 7.42. The Bertz CT molecular complexity index is 570. The normalized spacial score (nSPS) is 12.0. The van der Waals surface area contributed by atoms with Gasteiger partial charge in [0.25, 0.3) is 0 Å². The molecule has 2 N–H and O–H groups in total. The number of benzene rings is 2. The van der Waals surface area contributed by atoms with E-state index in [2.05, 4.69) is 5.32 Å². The summed E-state index contributed by atoms with van der Waals surface area (Å²) in [5.41, 5.74) is 2.12. The van der Waals surface area contributed by atoms with Crippen molar-refractivity contribution in [1.29, 1.82) is 0 Å². The molecule has 0 aliphatic heterocycles. The lowest BCUT2D eigenvalue weighted by Gasteiger charge is -2.16. The van der Waals surface area contributed by atoms with Gasteiger partial charge in [0.1, 0.15) is 6.61 Å². The summed E-state index contributed by atoms with van der Waals surface area (Å²) < 4.78 is 11.4. The summed E-state index contributed by atoms with van der Waals surface area (Å²) in [6.07, 6.45) is -0.376. The van der Waals surface area contributed by atoms with Crippen molar-refractivity contribution < 1.29 is 14.6 Å². The highest BCUT2D eigenvalue weighted by Gasteiger charge is 2.11. The minimum absolute atomic E-state index is 0.376. The Hall–Kier alpha value is -2.04. The first kappa shape index (κ1) is 16.3. The SMILES string of the molecule is COc1cccc(CNC[C@H](C)O)c1OCc1ccccc1. The second-order valence-corrected chi connectivity index (χ2v) is 5.20. The molecule has 0 radical (unpaired) electrons. The van der Waals surface area contributed by atoms with Crippen LogP contribution in [0.2, 0.25) is 0 Å². The van der Waals surface area contributed by atoms with E-state index in [1.165, 1.54) is 0 Å². The fourth-order valence-corrected chi connectivity index (χ4v) is 2.17. The van der Waals surface area contributed by atoms with E-state index in [9.17, 15) is 5.11 Å². The predicted molar refractivity (Wildman–Crippen MR) is 87.2 cm³/mol. The van der Waals surface area contributed by atoms with Gasteiger partial charge in [-0.1, -0.05) is 42.5 Å². The third-order valence-electron chi connectivity index (χ3n) is 3.26. The molecule has 1 atom stereocenters.